The molecule has 0 saturated carbocycles. The first-order valence-corrected chi connectivity index (χ1v) is 17.1. The Labute approximate surface area is 280 Å². The molecule has 0 saturated heterocycles. The number of hydrogen-bond donors (Lipinski definition) is 0. The summed E-state index contributed by atoms with van der Waals surface area (Å²) >= 11 is 1.84. The molecule has 48 heavy (non-hydrogen) atoms. The van der Waals surface area contributed by atoms with Crippen molar-refractivity contribution in [3.63, 3.8) is 0 Å². The van der Waals surface area contributed by atoms with Crippen LogP contribution in [0.15, 0.2) is 148 Å². The lowest BCUT2D eigenvalue weighted by atomic mass is 9.96. The van der Waals surface area contributed by atoms with E-state index < -0.39 is 0 Å². The van der Waals surface area contributed by atoms with Gasteiger partial charge in [-0.25, -0.2) is 0 Å². The maximum absolute atomic E-state index is 6.73. The van der Waals surface area contributed by atoms with Crippen molar-refractivity contribution in [2.75, 3.05) is 4.90 Å². The molecule has 10 rings (SSSR count). The van der Waals surface area contributed by atoms with Gasteiger partial charge in [0.2, 0.25) is 0 Å². The van der Waals surface area contributed by atoms with Crippen LogP contribution in [0.4, 0.5) is 17.1 Å². The minimum Gasteiger partial charge on any atom is -0.456 e. The van der Waals surface area contributed by atoms with E-state index >= 15 is 0 Å². The molecule has 0 aliphatic rings. The monoisotopic (exact) mass is 635 g/mol. The standard InChI is InChI=1S/C44H29NO2S/c1-26-11-3-4-12-30(26)31-21-19-28(23-27(31)2)45(29-20-22-33-32-13-7-10-18-40(32)48-41(33)24-29)36-25-39-43(35-15-6-8-16-37(35)46-39)44-42(36)34-14-5-9-17-38(34)47-44/h3-25H,1-2H3. The molecule has 228 valence electrons. The van der Waals surface area contributed by atoms with Crippen molar-refractivity contribution in [3.8, 4) is 11.1 Å². The Balaban J connectivity index is 1.30. The fourth-order valence-electron chi connectivity index (χ4n) is 7.49. The van der Waals surface area contributed by atoms with Crippen LogP contribution >= 0.6 is 11.3 Å². The van der Waals surface area contributed by atoms with Gasteiger partial charge in [-0.1, -0.05) is 91.0 Å². The van der Waals surface area contributed by atoms with Gasteiger partial charge in [0, 0.05) is 48.4 Å². The lowest BCUT2D eigenvalue weighted by Gasteiger charge is -2.27. The lowest BCUT2D eigenvalue weighted by molar-refractivity contribution is 0.663. The zero-order valence-corrected chi connectivity index (χ0v) is 27.3. The molecule has 0 atom stereocenters. The van der Waals surface area contributed by atoms with Gasteiger partial charge in [-0.15, -0.1) is 11.3 Å². The Morgan fingerprint density at radius 1 is 0.458 bits per heavy atom. The van der Waals surface area contributed by atoms with E-state index in [2.05, 4.69) is 140 Å². The summed E-state index contributed by atoms with van der Waals surface area (Å²) < 4.78 is 15.8. The smallest absolute Gasteiger partial charge is 0.149 e. The van der Waals surface area contributed by atoms with E-state index in [1.807, 2.05) is 29.5 Å². The molecule has 4 heteroatoms. The van der Waals surface area contributed by atoms with Crippen molar-refractivity contribution in [2.45, 2.75) is 13.8 Å². The molecule has 10 aromatic rings. The Hall–Kier alpha value is -5.84. The molecule has 7 aromatic carbocycles. The zero-order chi connectivity index (χ0) is 31.9. The van der Waals surface area contributed by atoms with Crippen LogP contribution in [0.5, 0.6) is 0 Å². The van der Waals surface area contributed by atoms with Crippen LogP contribution in [0, 0.1) is 13.8 Å². The summed E-state index contributed by atoms with van der Waals surface area (Å²) in [6, 6.07) is 49.8. The number of aryl methyl sites for hydroxylation is 2. The van der Waals surface area contributed by atoms with Crippen LogP contribution in [-0.2, 0) is 0 Å². The highest BCUT2D eigenvalue weighted by molar-refractivity contribution is 7.25. The number of benzene rings is 7. The molecule has 0 bridgehead atoms. The summed E-state index contributed by atoms with van der Waals surface area (Å²) in [7, 11) is 0. The highest BCUT2D eigenvalue weighted by atomic mass is 32.1. The number of para-hydroxylation sites is 2. The fourth-order valence-corrected chi connectivity index (χ4v) is 8.63. The van der Waals surface area contributed by atoms with Gasteiger partial charge in [0.05, 0.1) is 16.5 Å². The number of hydrogen-bond acceptors (Lipinski definition) is 4. The van der Waals surface area contributed by atoms with Gasteiger partial charge < -0.3 is 13.7 Å². The van der Waals surface area contributed by atoms with Crippen LogP contribution in [0.1, 0.15) is 11.1 Å². The van der Waals surface area contributed by atoms with E-state index in [1.165, 1.54) is 42.4 Å². The molecular weight excluding hydrogens is 607 g/mol. The number of furan rings is 2. The van der Waals surface area contributed by atoms with Gasteiger partial charge >= 0.3 is 0 Å². The summed E-state index contributed by atoms with van der Waals surface area (Å²) in [4.78, 5) is 2.38. The summed E-state index contributed by atoms with van der Waals surface area (Å²) in [5.74, 6) is 0. The summed E-state index contributed by atoms with van der Waals surface area (Å²) in [5, 5.41) is 6.78. The predicted octanol–water partition coefficient (Wildman–Crippen LogP) is 13.6. The van der Waals surface area contributed by atoms with Crippen molar-refractivity contribution < 1.29 is 8.83 Å². The number of anilines is 3. The second-order valence-electron chi connectivity index (χ2n) is 12.6. The molecule has 3 aromatic heterocycles. The third-order valence-electron chi connectivity index (χ3n) is 9.73. The first kappa shape index (κ1) is 27.3. The maximum Gasteiger partial charge on any atom is 0.149 e. The summed E-state index contributed by atoms with van der Waals surface area (Å²) in [5.41, 5.74) is 11.5. The van der Waals surface area contributed by atoms with Crippen molar-refractivity contribution in [3.05, 3.63) is 151 Å². The Kier molecular flexibility index (Phi) is 5.87. The molecule has 0 amide bonds. The molecule has 0 fully saturated rings. The van der Waals surface area contributed by atoms with Crippen LogP contribution in [-0.4, -0.2) is 0 Å². The molecule has 0 radical (unpaired) electrons. The van der Waals surface area contributed by atoms with E-state index in [9.17, 15) is 0 Å². The molecule has 0 aliphatic heterocycles. The quantitative estimate of drug-likeness (QED) is 0.193. The topological polar surface area (TPSA) is 29.5 Å². The van der Waals surface area contributed by atoms with Crippen LogP contribution in [0.3, 0.4) is 0 Å². The van der Waals surface area contributed by atoms with Crippen molar-refractivity contribution in [2.24, 2.45) is 0 Å². The van der Waals surface area contributed by atoms with E-state index in [4.69, 9.17) is 8.83 Å². The van der Waals surface area contributed by atoms with Gasteiger partial charge in [0.15, 0.2) is 0 Å². The van der Waals surface area contributed by atoms with E-state index in [0.717, 1.165) is 60.9 Å². The molecule has 3 heterocycles. The zero-order valence-electron chi connectivity index (χ0n) is 26.5. The highest BCUT2D eigenvalue weighted by Crippen LogP contribution is 2.49. The van der Waals surface area contributed by atoms with E-state index in [0.29, 0.717) is 0 Å². The minimum atomic E-state index is 0.805. The van der Waals surface area contributed by atoms with Crippen LogP contribution < -0.4 is 4.90 Å². The SMILES string of the molecule is Cc1ccccc1-c1ccc(N(c2ccc3c(c2)sc2ccccc23)c2cc3oc4ccccc4c3c3oc4ccccc4c23)cc1C. The van der Waals surface area contributed by atoms with Crippen LogP contribution in [0.2, 0.25) is 0 Å². The first-order chi connectivity index (χ1) is 23.6. The number of rotatable bonds is 4. The van der Waals surface area contributed by atoms with E-state index in [-0.39, 0.29) is 0 Å². The first-order valence-electron chi connectivity index (χ1n) is 16.3. The van der Waals surface area contributed by atoms with Crippen molar-refractivity contribution in [1.82, 2.24) is 0 Å². The number of thiophene rings is 1. The van der Waals surface area contributed by atoms with Crippen LogP contribution in [0.25, 0.3) is 75.2 Å². The van der Waals surface area contributed by atoms with Crippen molar-refractivity contribution in [1.29, 1.82) is 0 Å². The Morgan fingerprint density at radius 3 is 1.90 bits per heavy atom. The fraction of sp³-hybridized carbons (Fsp3) is 0.0455. The third-order valence-corrected chi connectivity index (χ3v) is 10.9. The average molecular weight is 636 g/mol. The predicted molar refractivity (Wildman–Crippen MR) is 203 cm³/mol. The van der Waals surface area contributed by atoms with Gasteiger partial charge in [0.25, 0.3) is 0 Å². The Morgan fingerprint density at radius 2 is 1.08 bits per heavy atom. The lowest BCUT2D eigenvalue weighted by Crippen LogP contribution is -2.11. The molecule has 0 aliphatic carbocycles. The normalized spacial score (nSPS) is 12.0. The van der Waals surface area contributed by atoms with Gasteiger partial charge in [-0.2, -0.15) is 0 Å². The summed E-state index contributed by atoms with van der Waals surface area (Å²) in [6.07, 6.45) is 0. The van der Waals surface area contributed by atoms with E-state index in [1.54, 1.807) is 0 Å². The van der Waals surface area contributed by atoms with Gasteiger partial charge in [-0.05, 0) is 78.6 Å². The molecule has 0 spiro atoms. The van der Waals surface area contributed by atoms with Gasteiger partial charge in [-0.3, -0.25) is 0 Å². The highest BCUT2D eigenvalue weighted by Gasteiger charge is 2.25. The molecular formula is C44H29NO2S. The molecule has 3 nitrogen and oxygen atoms in total. The largest absolute Gasteiger partial charge is 0.456 e. The summed E-state index contributed by atoms with van der Waals surface area (Å²) in [6.45, 7) is 4.39. The number of nitrogens with zero attached hydrogens (tertiary/aromatic N) is 1. The minimum absolute atomic E-state index is 0.805. The maximum atomic E-state index is 6.73. The molecule has 0 unspecified atom stereocenters. The number of fused-ring (bicyclic) bond motifs is 10. The average Bonchev–Trinajstić information content (AvgIpc) is 3.80. The third kappa shape index (κ3) is 3.99. The Bertz CT molecular complexity index is 2890. The van der Waals surface area contributed by atoms with Gasteiger partial charge in [0.1, 0.15) is 22.3 Å². The molecule has 0 N–H and O–H groups in total. The second-order valence-corrected chi connectivity index (χ2v) is 13.7. The van der Waals surface area contributed by atoms with Crippen molar-refractivity contribution >= 4 is 92.4 Å². The second kappa shape index (κ2) is 10.3.